The van der Waals surface area contributed by atoms with E-state index < -0.39 is 0 Å². The summed E-state index contributed by atoms with van der Waals surface area (Å²) in [7, 11) is 1.74. The molecule has 0 amide bonds. The normalized spacial score (nSPS) is 16.9. The maximum Gasteiger partial charge on any atom is 0.191 e. The number of ether oxygens (including phenoxy) is 1. The highest BCUT2D eigenvalue weighted by molar-refractivity contribution is 5.79. The predicted molar refractivity (Wildman–Crippen MR) is 117 cm³/mol. The van der Waals surface area contributed by atoms with E-state index in [4.69, 9.17) is 9.73 Å². The molecule has 3 rings (SSSR count). The molecule has 1 heterocycles. The lowest BCUT2D eigenvalue weighted by atomic mass is 10.1. The van der Waals surface area contributed by atoms with Crippen molar-refractivity contribution in [3.8, 4) is 5.75 Å². The van der Waals surface area contributed by atoms with Crippen LogP contribution in [0.2, 0.25) is 0 Å². The molecule has 5 nitrogen and oxygen atoms in total. The topological polar surface area (TPSA) is 48.9 Å². The molecule has 5 heteroatoms. The number of aliphatic imine (C=N–C) groups is 1. The monoisotopic (exact) mass is 380 g/mol. The first-order valence-electron chi connectivity index (χ1n) is 10.1. The van der Waals surface area contributed by atoms with E-state index in [1.54, 1.807) is 7.11 Å². The average Bonchev–Trinajstić information content (AvgIpc) is 3.20. The van der Waals surface area contributed by atoms with Crippen LogP contribution >= 0.6 is 0 Å². The third kappa shape index (κ3) is 5.41. The summed E-state index contributed by atoms with van der Waals surface area (Å²) in [5.41, 5.74) is 3.69. The van der Waals surface area contributed by atoms with Gasteiger partial charge in [0, 0.05) is 26.2 Å². The van der Waals surface area contributed by atoms with Crippen LogP contribution in [0.15, 0.2) is 53.5 Å². The van der Waals surface area contributed by atoms with Crippen molar-refractivity contribution in [1.82, 2.24) is 10.6 Å². The van der Waals surface area contributed by atoms with E-state index in [-0.39, 0.29) is 0 Å². The van der Waals surface area contributed by atoms with Crippen LogP contribution in [0, 0.1) is 12.8 Å². The van der Waals surface area contributed by atoms with Crippen LogP contribution in [0.25, 0.3) is 0 Å². The molecule has 150 valence electrons. The van der Waals surface area contributed by atoms with Crippen LogP contribution in [0.1, 0.15) is 24.5 Å². The minimum absolute atomic E-state index is 0.591. The number of guanidine groups is 1. The second-order valence-corrected chi connectivity index (χ2v) is 7.33. The smallest absolute Gasteiger partial charge is 0.191 e. The van der Waals surface area contributed by atoms with Crippen molar-refractivity contribution in [2.45, 2.75) is 26.8 Å². The molecule has 28 heavy (non-hydrogen) atoms. The predicted octanol–water partition coefficient (Wildman–Crippen LogP) is 3.59. The van der Waals surface area contributed by atoms with E-state index in [0.717, 1.165) is 37.9 Å². The van der Waals surface area contributed by atoms with E-state index >= 15 is 0 Å². The van der Waals surface area contributed by atoms with E-state index in [9.17, 15) is 0 Å². The van der Waals surface area contributed by atoms with E-state index in [0.29, 0.717) is 12.5 Å². The Kier molecular flexibility index (Phi) is 7.18. The number of anilines is 1. The standard InChI is InChI=1S/C23H32N4O/c1-4-24-23(25-15-19-11-9-18(2)10-12-19)26-16-20-13-14-27(17-20)21-7-5-6-8-22(21)28-3/h5-12,20H,4,13-17H2,1-3H3,(H2,24,25,26). The van der Waals surface area contributed by atoms with E-state index in [1.165, 1.54) is 23.2 Å². The van der Waals surface area contributed by atoms with Gasteiger partial charge in [0.25, 0.3) is 0 Å². The van der Waals surface area contributed by atoms with Gasteiger partial charge in [-0.05, 0) is 43.9 Å². The van der Waals surface area contributed by atoms with Crippen molar-refractivity contribution in [2.75, 3.05) is 38.2 Å². The Bertz CT molecular complexity index is 772. The van der Waals surface area contributed by atoms with Gasteiger partial charge < -0.3 is 20.3 Å². The number of rotatable bonds is 7. The number of para-hydroxylation sites is 2. The van der Waals surface area contributed by atoms with Gasteiger partial charge in [-0.3, -0.25) is 0 Å². The lowest BCUT2D eigenvalue weighted by molar-refractivity contribution is 0.414. The van der Waals surface area contributed by atoms with E-state index in [2.05, 4.69) is 65.8 Å². The van der Waals surface area contributed by atoms with Gasteiger partial charge in [-0.15, -0.1) is 0 Å². The summed E-state index contributed by atoms with van der Waals surface area (Å²) in [4.78, 5) is 7.16. The summed E-state index contributed by atoms with van der Waals surface area (Å²) < 4.78 is 5.52. The minimum Gasteiger partial charge on any atom is -0.495 e. The highest BCUT2D eigenvalue weighted by Crippen LogP contribution is 2.31. The van der Waals surface area contributed by atoms with Gasteiger partial charge in [-0.25, -0.2) is 4.99 Å². The van der Waals surface area contributed by atoms with E-state index in [1.807, 2.05) is 12.1 Å². The van der Waals surface area contributed by atoms with Gasteiger partial charge in [-0.2, -0.15) is 0 Å². The van der Waals surface area contributed by atoms with Crippen molar-refractivity contribution < 1.29 is 4.74 Å². The number of nitrogens with zero attached hydrogens (tertiary/aromatic N) is 2. The molecule has 0 aromatic heterocycles. The zero-order valence-electron chi connectivity index (χ0n) is 17.2. The fraction of sp³-hybridized carbons (Fsp3) is 0.435. The van der Waals surface area contributed by atoms with Crippen molar-refractivity contribution in [1.29, 1.82) is 0 Å². The maximum absolute atomic E-state index is 5.52. The molecule has 2 N–H and O–H groups in total. The Balaban J connectivity index is 1.54. The van der Waals surface area contributed by atoms with Crippen LogP contribution in [-0.4, -0.2) is 39.2 Å². The third-order valence-electron chi connectivity index (χ3n) is 5.15. The Labute approximate surface area is 168 Å². The van der Waals surface area contributed by atoms with Gasteiger partial charge in [0.1, 0.15) is 5.75 Å². The highest BCUT2D eigenvalue weighted by atomic mass is 16.5. The van der Waals surface area contributed by atoms with Crippen molar-refractivity contribution in [3.05, 3.63) is 59.7 Å². The van der Waals surface area contributed by atoms with Crippen molar-refractivity contribution in [3.63, 3.8) is 0 Å². The van der Waals surface area contributed by atoms with Crippen LogP contribution < -0.4 is 20.3 Å². The number of benzene rings is 2. The molecule has 0 saturated carbocycles. The van der Waals surface area contributed by atoms with Crippen LogP contribution in [0.5, 0.6) is 5.75 Å². The molecule has 2 aromatic carbocycles. The molecule has 0 radical (unpaired) electrons. The third-order valence-corrected chi connectivity index (χ3v) is 5.15. The molecule has 1 fully saturated rings. The summed E-state index contributed by atoms with van der Waals surface area (Å²) in [5.74, 6) is 2.43. The molecule has 1 saturated heterocycles. The lowest BCUT2D eigenvalue weighted by Gasteiger charge is -2.21. The molecule has 1 unspecified atom stereocenters. The molecule has 1 aliphatic heterocycles. The summed E-state index contributed by atoms with van der Waals surface area (Å²) >= 11 is 0. The second-order valence-electron chi connectivity index (χ2n) is 7.33. The second kappa shape index (κ2) is 10.0. The first-order chi connectivity index (χ1) is 13.7. The average molecular weight is 381 g/mol. The van der Waals surface area contributed by atoms with Crippen molar-refractivity contribution >= 4 is 11.6 Å². The number of nitrogens with one attached hydrogen (secondary N) is 2. The largest absolute Gasteiger partial charge is 0.495 e. The molecule has 0 bridgehead atoms. The van der Waals surface area contributed by atoms with Gasteiger partial charge >= 0.3 is 0 Å². The first-order valence-corrected chi connectivity index (χ1v) is 10.1. The molecule has 2 aromatic rings. The van der Waals surface area contributed by atoms with Gasteiger partial charge in [0.2, 0.25) is 0 Å². The summed E-state index contributed by atoms with van der Waals surface area (Å²) in [6.07, 6.45) is 1.17. The number of hydrogen-bond donors (Lipinski definition) is 2. The summed E-state index contributed by atoms with van der Waals surface area (Å²) in [6, 6.07) is 16.8. The fourth-order valence-corrected chi connectivity index (χ4v) is 3.56. The molecule has 0 aliphatic carbocycles. The Morgan fingerprint density at radius 2 is 1.93 bits per heavy atom. The zero-order chi connectivity index (χ0) is 19.8. The first kappa shape index (κ1) is 20.1. The van der Waals surface area contributed by atoms with Crippen LogP contribution in [-0.2, 0) is 6.54 Å². The Hall–Kier alpha value is -2.69. The SMILES string of the molecule is CCNC(=NCc1ccc(C)cc1)NCC1CCN(c2ccccc2OC)C1. The van der Waals surface area contributed by atoms with Crippen LogP contribution in [0.4, 0.5) is 5.69 Å². The Morgan fingerprint density at radius 3 is 2.68 bits per heavy atom. The van der Waals surface area contributed by atoms with Gasteiger partial charge in [0.05, 0.1) is 19.3 Å². The fourth-order valence-electron chi connectivity index (χ4n) is 3.56. The molecular weight excluding hydrogens is 348 g/mol. The summed E-state index contributed by atoms with van der Waals surface area (Å²) in [5, 5.41) is 6.88. The van der Waals surface area contributed by atoms with Crippen LogP contribution in [0.3, 0.4) is 0 Å². The highest BCUT2D eigenvalue weighted by Gasteiger charge is 2.24. The van der Waals surface area contributed by atoms with Gasteiger partial charge in [-0.1, -0.05) is 42.0 Å². The molecule has 1 aliphatic rings. The van der Waals surface area contributed by atoms with Crippen molar-refractivity contribution in [2.24, 2.45) is 10.9 Å². The molecular formula is C23H32N4O. The molecule has 0 spiro atoms. The van der Waals surface area contributed by atoms with Gasteiger partial charge in [0.15, 0.2) is 5.96 Å². The molecule has 1 atom stereocenters. The lowest BCUT2D eigenvalue weighted by Crippen LogP contribution is -2.40. The summed E-state index contributed by atoms with van der Waals surface area (Å²) in [6.45, 7) is 8.77. The number of methoxy groups -OCH3 is 1. The quantitative estimate of drug-likeness (QED) is 0.569. The Morgan fingerprint density at radius 1 is 1.14 bits per heavy atom. The number of hydrogen-bond acceptors (Lipinski definition) is 3. The maximum atomic E-state index is 5.52. The number of aryl methyl sites for hydroxylation is 1. The minimum atomic E-state index is 0.591. The zero-order valence-corrected chi connectivity index (χ0v) is 17.2.